The molecule has 132 valence electrons. The average molecular weight is 393 g/mol. The average Bonchev–Trinajstić information content (AvgIpc) is 2.90. The van der Waals surface area contributed by atoms with Gasteiger partial charge in [-0.2, -0.15) is 18.4 Å². The van der Waals surface area contributed by atoms with E-state index in [1.165, 1.54) is 13.0 Å². The second-order valence-electron chi connectivity index (χ2n) is 4.63. The molecule has 1 aromatic carbocycles. The molecule has 0 aliphatic rings. The number of alkyl halides is 3. The van der Waals surface area contributed by atoms with Crippen LogP contribution < -0.4 is 5.32 Å². The highest BCUT2D eigenvalue weighted by molar-refractivity contribution is 7.84. The zero-order valence-corrected chi connectivity index (χ0v) is 14.1. The number of carbonyl (C=O) groups is 1. The molecule has 0 aliphatic carbocycles. The lowest BCUT2D eigenvalue weighted by molar-refractivity contribution is -0.140. The third-order valence-electron chi connectivity index (χ3n) is 2.90. The maximum atomic E-state index is 13.2. The van der Waals surface area contributed by atoms with Gasteiger partial charge in [0, 0.05) is 13.2 Å². The van der Waals surface area contributed by atoms with Crippen molar-refractivity contribution < 1.29 is 26.6 Å². The molecule has 0 spiro atoms. The van der Waals surface area contributed by atoms with Gasteiger partial charge in [-0.15, -0.1) is 5.10 Å². The van der Waals surface area contributed by atoms with Gasteiger partial charge < -0.3 is 4.42 Å². The molecule has 2 rings (SSSR count). The van der Waals surface area contributed by atoms with Gasteiger partial charge in [0.25, 0.3) is 5.91 Å². The summed E-state index contributed by atoms with van der Waals surface area (Å²) >= 11 is 5.88. The molecule has 0 saturated carbocycles. The monoisotopic (exact) mass is 392 g/mol. The van der Waals surface area contributed by atoms with Crippen molar-refractivity contribution >= 4 is 34.3 Å². The third kappa shape index (κ3) is 3.80. The van der Waals surface area contributed by atoms with E-state index in [4.69, 9.17) is 21.3 Å². The van der Waals surface area contributed by atoms with Crippen molar-refractivity contribution in [1.82, 2.24) is 10.2 Å². The number of hydrogen-bond acceptors (Lipinski definition) is 6. The molecular weight excluding hydrogens is 385 g/mol. The minimum absolute atomic E-state index is 0.141. The number of carbonyl (C=O) groups excluding carboxylic acids is 1. The number of benzene rings is 1. The van der Waals surface area contributed by atoms with E-state index in [1.807, 2.05) is 0 Å². The molecule has 1 N–H and O–H groups in total. The molecule has 1 atom stereocenters. The van der Waals surface area contributed by atoms with E-state index < -0.39 is 49.5 Å². The van der Waals surface area contributed by atoms with Gasteiger partial charge in [0.1, 0.15) is 0 Å². The van der Waals surface area contributed by atoms with Crippen LogP contribution in [-0.4, -0.2) is 26.6 Å². The van der Waals surface area contributed by atoms with Crippen LogP contribution in [0.5, 0.6) is 0 Å². The Morgan fingerprint density at radius 2 is 2.08 bits per heavy atom. The van der Waals surface area contributed by atoms with Gasteiger partial charge in [-0.25, -0.2) is 0 Å². The lowest BCUT2D eigenvalue weighted by Gasteiger charge is -2.16. The van der Waals surface area contributed by atoms with E-state index in [0.29, 0.717) is 6.07 Å². The predicted molar refractivity (Wildman–Crippen MR) is 80.5 cm³/mol. The Morgan fingerprint density at radius 1 is 1.44 bits per heavy atom. The Morgan fingerprint density at radius 3 is 2.52 bits per heavy atom. The standard InChI is InChI=1S/C13H8ClF3N4O3S/c1-5-20-21-12(24-5)19-11(22)7-3-6(4-18)8(13(15,16)17)10(9(7)14)25(2)23/h3H,1-2H3,(H,19,21,22). The Bertz CT molecular complexity index is 920. The number of aryl methyl sites for hydroxylation is 1. The summed E-state index contributed by atoms with van der Waals surface area (Å²) in [6, 6.07) is 1.70. The van der Waals surface area contributed by atoms with Crippen molar-refractivity contribution in [2.45, 2.75) is 18.0 Å². The van der Waals surface area contributed by atoms with Crippen molar-refractivity contribution in [1.29, 1.82) is 5.26 Å². The van der Waals surface area contributed by atoms with Crippen molar-refractivity contribution in [3.63, 3.8) is 0 Å². The highest BCUT2D eigenvalue weighted by Gasteiger charge is 2.40. The van der Waals surface area contributed by atoms with E-state index >= 15 is 0 Å². The number of halogens is 4. The van der Waals surface area contributed by atoms with Gasteiger partial charge in [0.15, 0.2) is 0 Å². The molecule has 0 bridgehead atoms. The van der Waals surface area contributed by atoms with Gasteiger partial charge in [-0.05, 0) is 6.07 Å². The molecule has 0 fully saturated rings. The smallest absolute Gasteiger partial charge is 0.408 e. The fraction of sp³-hybridized carbons (Fsp3) is 0.231. The number of hydrogen-bond donors (Lipinski definition) is 1. The van der Waals surface area contributed by atoms with Crippen LogP contribution in [0.25, 0.3) is 0 Å². The van der Waals surface area contributed by atoms with Crippen LogP contribution in [0.2, 0.25) is 5.02 Å². The lowest BCUT2D eigenvalue weighted by Crippen LogP contribution is -2.18. The van der Waals surface area contributed by atoms with E-state index in [1.54, 1.807) is 0 Å². The molecular formula is C13H8ClF3N4O3S. The van der Waals surface area contributed by atoms with Crippen LogP contribution in [0.15, 0.2) is 15.4 Å². The maximum absolute atomic E-state index is 13.2. The molecule has 0 aliphatic heterocycles. The molecule has 1 amide bonds. The topological polar surface area (TPSA) is 109 Å². The summed E-state index contributed by atoms with van der Waals surface area (Å²) in [7, 11) is -2.21. The number of nitrogens with one attached hydrogen (secondary N) is 1. The predicted octanol–water partition coefficient (Wildman–Crippen LogP) is 2.91. The van der Waals surface area contributed by atoms with E-state index in [9.17, 15) is 22.2 Å². The minimum Gasteiger partial charge on any atom is -0.408 e. The van der Waals surface area contributed by atoms with Crippen molar-refractivity contribution in [3.05, 3.63) is 33.7 Å². The molecule has 12 heteroatoms. The number of aromatic nitrogens is 2. The maximum Gasteiger partial charge on any atom is 0.418 e. The largest absolute Gasteiger partial charge is 0.418 e. The van der Waals surface area contributed by atoms with Gasteiger partial charge in [-0.1, -0.05) is 16.7 Å². The molecule has 0 radical (unpaired) electrons. The molecule has 0 saturated heterocycles. The SMILES string of the molecule is Cc1nnc(NC(=O)c2cc(C#N)c(C(F)(F)F)c(S(C)=O)c2Cl)o1. The molecule has 1 heterocycles. The van der Waals surface area contributed by atoms with Gasteiger partial charge in [-0.3, -0.25) is 14.3 Å². The normalized spacial score (nSPS) is 12.5. The van der Waals surface area contributed by atoms with Crippen LogP contribution in [0.1, 0.15) is 27.4 Å². The summed E-state index contributed by atoms with van der Waals surface area (Å²) in [6.45, 7) is 1.46. The highest BCUT2D eigenvalue weighted by Crippen LogP contribution is 2.40. The van der Waals surface area contributed by atoms with Crippen LogP contribution >= 0.6 is 11.6 Å². The third-order valence-corrected chi connectivity index (χ3v) is 4.39. The summed E-state index contributed by atoms with van der Waals surface area (Å²) < 4.78 is 56.4. The fourth-order valence-corrected chi connectivity index (χ4v) is 3.39. The van der Waals surface area contributed by atoms with E-state index in [2.05, 4.69) is 15.5 Å². The first-order chi connectivity index (χ1) is 11.6. The minimum atomic E-state index is -4.98. The highest BCUT2D eigenvalue weighted by atomic mass is 35.5. The van der Waals surface area contributed by atoms with Gasteiger partial charge in [0.05, 0.1) is 43.5 Å². The zero-order chi connectivity index (χ0) is 18.9. The molecule has 1 aromatic heterocycles. The molecule has 2 aromatic rings. The number of amides is 1. The van der Waals surface area contributed by atoms with Crippen molar-refractivity contribution in [3.8, 4) is 6.07 Å². The number of rotatable bonds is 3. The summed E-state index contributed by atoms with van der Waals surface area (Å²) in [4.78, 5) is 11.4. The summed E-state index contributed by atoms with van der Waals surface area (Å²) in [5.74, 6) is -0.854. The fourth-order valence-electron chi connectivity index (χ4n) is 1.95. The zero-order valence-electron chi connectivity index (χ0n) is 12.6. The van der Waals surface area contributed by atoms with E-state index in [-0.39, 0.29) is 11.9 Å². The second-order valence-corrected chi connectivity index (χ2v) is 6.33. The Labute approximate surface area is 146 Å². The van der Waals surface area contributed by atoms with E-state index in [0.717, 1.165) is 6.26 Å². The quantitative estimate of drug-likeness (QED) is 0.860. The van der Waals surface area contributed by atoms with Crippen LogP contribution in [0, 0.1) is 18.3 Å². The molecule has 7 nitrogen and oxygen atoms in total. The first-order valence-corrected chi connectivity index (χ1v) is 8.28. The van der Waals surface area contributed by atoms with Crippen LogP contribution in [0.3, 0.4) is 0 Å². The van der Waals surface area contributed by atoms with Gasteiger partial charge >= 0.3 is 12.2 Å². The number of anilines is 1. The van der Waals surface area contributed by atoms with Crippen LogP contribution in [-0.2, 0) is 17.0 Å². The van der Waals surface area contributed by atoms with Crippen LogP contribution in [0.4, 0.5) is 19.2 Å². The number of nitriles is 1. The van der Waals surface area contributed by atoms with Crippen molar-refractivity contribution in [2.24, 2.45) is 0 Å². The van der Waals surface area contributed by atoms with Crippen molar-refractivity contribution in [2.75, 3.05) is 11.6 Å². The second kappa shape index (κ2) is 6.81. The Hall–Kier alpha value is -2.45. The molecule has 1 unspecified atom stereocenters. The molecule has 25 heavy (non-hydrogen) atoms. The summed E-state index contributed by atoms with van der Waals surface area (Å²) in [5.41, 5.74) is -2.80. The number of nitrogens with zero attached hydrogens (tertiary/aromatic N) is 3. The first kappa shape index (κ1) is 18.9. The lowest BCUT2D eigenvalue weighted by atomic mass is 10.0. The summed E-state index contributed by atoms with van der Waals surface area (Å²) in [5, 5.41) is 17.4. The first-order valence-electron chi connectivity index (χ1n) is 6.35. The summed E-state index contributed by atoms with van der Waals surface area (Å²) in [6.07, 6.45) is -4.02. The van der Waals surface area contributed by atoms with Gasteiger partial charge in [0.2, 0.25) is 5.89 Å². The Kier molecular flexibility index (Phi) is 5.15. The Balaban J connectivity index is 2.64.